The molecule has 0 saturated carbocycles. The second kappa shape index (κ2) is 9.35. The van der Waals surface area contributed by atoms with E-state index < -0.39 is 22.1 Å². The first kappa shape index (κ1) is 23.2. The molecule has 1 aromatic carbocycles. The van der Waals surface area contributed by atoms with Gasteiger partial charge in [0, 0.05) is 30.2 Å². The molecule has 168 valence electrons. The van der Waals surface area contributed by atoms with E-state index in [1.165, 1.54) is 6.20 Å². The summed E-state index contributed by atoms with van der Waals surface area (Å²) in [6.45, 7) is 0.523. The molecule has 1 amide bonds. The number of halogens is 3. The standard InChI is InChI=1S/C21H24F3N3O3S/c1-31(29,30)27-11-3-10-25-20(28)16-12-15-4-2-5-18(19(15)26-13-16)14-6-8-17(9-7-14)21(22,23)24/h2,4-6,12-13,17,27H,3,7-11H2,1H3,(H,25,28)/t17-/m1/s1. The number of para-hydroxylation sites is 1. The normalized spacial score (nSPS) is 17.4. The topological polar surface area (TPSA) is 88.2 Å². The Morgan fingerprint density at radius 2 is 2.03 bits per heavy atom. The number of nitrogens with zero attached hydrogens (tertiary/aromatic N) is 1. The number of aromatic nitrogens is 1. The Labute approximate surface area is 179 Å². The van der Waals surface area contributed by atoms with Crippen LogP contribution in [0.5, 0.6) is 0 Å². The molecule has 0 saturated heterocycles. The number of pyridine rings is 1. The first-order valence-corrected chi connectivity index (χ1v) is 11.8. The van der Waals surface area contributed by atoms with Gasteiger partial charge < -0.3 is 5.32 Å². The van der Waals surface area contributed by atoms with Gasteiger partial charge in [-0.1, -0.05) is 24.3 Å². The van der Waals surface area contributed by atoms with Crippen LogP contribution in [0.4, 0.5) is 13.2 Å². The summed E-state index contributed by atoms with van der Waals surface area (Å²) >= 11 is 0. The molecule has 0 fully saturated rings. The predicted octanol–water partition coefficient (Wildman–Crippen LogP) is 3.65. The molecule has 1 atom stereocenters. The van der Waals surface area contributed by atoms with E-state index in [-0.39, 0.29) is 25.3 Å². The fourth-order valence-corrected chi connectivity index (χ4v) is 4.09. The van der Waals surface area contributed by atoms with Gasteiger partial charge in [-0.05, 0) is 37.3 Å². The fourth-order valence-electron chi connectivity index (χ4n) is 3.57. The van der Waals surface area contributed by atoms with Gasteiger partial charge in [0.1, 0.15) is 0 Å². The number of fused-ring (bicyclic) bond motifs is 1. The monoisotopic (exact) mass is 455 g/mol. The fraction of sp³-hybridized carbons (Fsp3) is 0.429. The maximum Gasteiger partial charge on any atom is 0.392 e. The SMILES string of the molecule is CS(=O)(=O)NCCCNC(=O)c1cnc2c(C3=CC[C@@H](C(F)(F)F)CC3)cccc2c1. The van der Waals surface area contributed by atoms with Crippen molar-refractivity contribution in [1.82, 2.24) is 15.0 Å². The van der Waals surface area contributed by atoms with Crippen molar-refractivity contribution in [2.45, 2.75) is 31.9 Å². The van der Waals surface area contributed by atoms with Crippen LogP contribution in [0.2, 0.25) is 0 Å². The summed E-state index contributed by atoms with van der Waals surface area (Å²) in [5, 5.41) is 3.44. The van der Waals surface area contributed by atoms with Crippen LogP contribution in [0.1, 0.15) is 41.6 Å². The van der Waals surface area contributed by atoms with Gasteiger partial charge in [-0.25, -0.2) is 13.1 Å². The number of nitrogens with one attached hydrogen (secondary N) is 2. The van der Waals surface area contributed by atoms with E-state index in [1.54, 1.807) is 24.3 Å². The molecule has 1 heterocycles. The Morgan fingerprint density at radius 3 is 2.68 bits per heavy atom. The number of carbonyl (C=O) groups excluding carboxylic acids is 1. The van der Waals surface area contributed by atoms with Crippen molar-refractivity contribution in [3.8, 4) is 0 Å². The molecule has 1 aromatic heterocycles. The Kier molecular flexibility index (Phi) is 7.00. The number of hydrogen-bond acceptors (Lipinski definition) is 4. The third-order valence-electron chi connectivity index (χ3n) is 5.20. The highest BCUT2D eigenvalue weighted by atomic mass is 32.2. The summed E-state index contributed by atoms with van der Waals surface area (Å²) in [7, 11) is -3.26. The van der Waals surface area contributed by atoms with Crippen LogP contribution in [-0.2, 0) is 10.0 Å². The summed E-state index contributed by atoms with van der Waals surface area (Å²) in [5.74, 6) is -1.63. The Balaban J connectivity index is 1.69. The van der Waals surface area contributed by atoms with Crippen molar-refractivity contribution in [2.24, 2.45) is 5.92 Å². The van der Waals surface area contributed by atoms with Crippen LogP contribution in [0.3, 0.4) is 0 Å². The van der Waals surface area contributed by atoms with E-state index in [0.29, 0.717) is 30.5 Å². The Hall–Kier alpha value is -2.46. The van der Waals surface area contributed by atoms with Crippen molar-refractivity contribution in [3.05, 3.63) is 47.7 Å². The van der Waals surface area contributed by atoms with Crippen molar-refractivity contribution < 1.29 is 26.4 Å². The van der Waals surface area contributed by atoms with Gasteiger partial charge in [-0.15, -0.1) is 0 Å². The highest BCUT2D eigenvalue weighted by Gasteiger charge is 2.39. The lowest BCUT2D eigenvalue weighted by Gasteiger charge is -2.24. The molecule has 2 aromatic rings. The smallest absolute Gasteiger partial charge is 0.352 e. The Morgan fingerprint density at radius 1 is 1.26 bits per heavy atom. The van der Waals surface area contributed by atoms with Gasteiger partial charge in [-0.3, -0.25) is 9.78 Å². The van der Waals surface area contributed by atoms with E-state index >= 15 is 0 Å². The highest BCUT2D eigenvalue weighted by Crippen LogP contribution is 2.40. The molecule has 0 bridgehead atoms. The number of hydrogen-bond donors (Lipinski definition) is 2. The van der Waals surface area contributed by atoms with Crippen LogP contribution < -0.4 is 10.0 Å². The summed E-state index contributed by atoms with van der Waals surface area (Å²) < 4.78 is 63.1. The van der Waals surface area contributed by atoms with Crippen LogP contribution in [0, 0.1) is 5.92 Å². The van der Waals surface area contributed by atoms with E-state index in [1.807, 2.05) is 6.07 Å². The minimum Gasteiger partial charge on any atom is -0.352 e. The molecule has 6 nitrogen and oxygen atoms in total. The number of alkyl halides is 3. The maximum absolute atomic E-state index is 12.9. The van der Waals surface area contributed by atoms with Gasteiger partial charge in [-0.2, -0.15) is 13.2 Å². The van der Waals surface area contributed by atoms with E-state index in [0.717, 1.165) is 22.8 Å². The van der Waals surface area contributed by atoms with Crippen LogP contribution in [-0.4, -0.2) is 44.8 Å². The minimum atomic E-state index is -4.18. The molecule has 1 aliphatic carbocycles. The van der Waals surface area contributed by atoms with Crippen molar-refractivity contribution in [2.75, 3.05) is 19.3 Å². The van der Waals surface area contributed by atoms with Crippen LogP contribution in [0.15, 0.2) is 36.5 Å². The molecule has 2 N–H and O–H groups in total. The Bertz CT molecular complexity index is 1100. The number of benzene rings is 1. The summed E-state index contributed by atoms with van der Waals surface area (Å²) in [6.07, 6.45) is 0.762. The van der Waals surface area contributed by atoms with Gasteiger partial charge >= 0.3 is 6.18 Å². The van der Waals surface area contributed by atoms with Gasteiger partial charge in [0.15, 0.2) is 0 Å². The second-order valence-corrected chi connectivity index (χ2v) is 9.45. The third-order valence-corrected chi connectivity index (χ3v) is 5.92. The van der Waals surface area contributed by atoms with Gasteiger partial charge in [0.2, 0.25) is 10.0 Å². The predicted molar refractivity (Wildman–Crippen MR) is 113 cm³/mol. The molecule has 1 aliphatic rings. The second-order valence-electron chi connectivity index (χ2n) is 7.62. The molecule has 0 unspecified atom stereocenters. The molecule has 3 rings (SSSR count). The molecule has 0 aliphatic heterocycles. The zero-order valence-electron chi connectivity index (χ0n) is 17.0. The number of rotatable bonds is 7. The molecule has 31 heavy (non-hydrogen) atoms. The number of allylic oxidation sites excluding steroid dienone is 2. The summed E-state index contributed by atoms with van der Waals surface area (Å²) in [6, 6.07) is 7.14. The van der Waals surface area contributed by atoms with Crippen molar-refractivity contribution >= 4 is 32.4 Å². The van der Waals surface area contributed by atoms with Crippen molar-refractivity contribution in [1.29, 1.82) is 0 Å². The molecule has 0 radical (unpaired) electrons. The van der Waals surface area contributed by atoms with E-state index in [2.05, 4.69) is 15.0 Å². The molecular formula is C21H24F3N3O3S. The average molecular weight is 456 g/mol. The van der Waals surface area contributed by atoms with E-state index in [9.17, 15) is 26.4 Å². The van der Waals surface area contributed by atoms with Crippen LogP contribution >= 0.6 is 0 Å². The first-order chi connectivity index (χ1) is 14.5. The lowest BCUT2D eigenvalue weighted by molar-refractivity contribution is -0.175. The summed E-state index contributed by atoms with van der Waals surface area (Å²) in [5.41, 5.74) is 2.63. The molecule has 0 spiro atoms. The minimum absolute atomic E-state index is 0.0378. The number of carbonyl (C=O) groups is 1. The lowest BCUT2D eigenvalue weighted by Crippen LogP contribution is -2.29. The average Bonchev–Trinajstić information content (AvgIpc) is 2.71. The highest BCUT2D eigenvalue weighted by molar-refractivity contribution is 7.88. The van der Waals surface area contributed by atoms with Crippen LogP contribution in [0.25, 0.3) is 16.5 Å². The zero-order valence-corrected chi connectivity index (χ0v) is 17.8. The first-order valence-electron chi connectivity index (χ1n) is 9.92. The number of sulfonamides is 1. The third kappa shape index (κ3) is 6.27. The maximum atomic E-state index is 12.9. The number of amides is 1. The quantitative estimate of drug-likeness (QED) is 0.624. The lowest BCUT2D eigenvalue weighted by atomic mass is 9.85. The largest absolute Gasteiger partial charge is 0.392 e. The van der Waals surface area contributed by atoms with Gasteiger partial charge in [0.05, 0.1) is 23.3 Å². The molecular weight excluding hydrogens is 431 g/mol. The zero-order chi connectivity index (χ0) is 22.6. The summed E-state index contributed by atoms with van der Waals surface area (Å²) in [4.78, 5) is 16.8. The van der Waals surface area contributed by atoms with E-state index in [4.69, 9.17) is 0 Å². The van der Waals surface area contributed by atoms with Crippen molar-refractivity contribution in [3.63, 3.8) is 0 Å². The van der Waals surface area contributed by atoms with Gasteiger partial charge in [0.25, 0.3) is 5.91 Å². The molecule has 10 heteroatoms.